The molecule has 1 N–H and O–H groups in total. The van der Waals surface area contributed by atoms with Gasteiger partial charge < -0.3 is 10.2 Å². The first-order valence-corrected chi connectivity index (χ1v) is 12.8. The molecule has 0 bridgehead atoms. The smallest absolute Gasteiger partial charge is 0.243 e. The summed E-state index contributed by atoms with van der Waals surface area (Å²) in [4.78, 5) is 27.8. The van der Waals surface area contributed by atoms with Gasteiger partial charge in [-0.15, -0.1) is 11.8 Å². The zero-order valence-corrected chi connectivity index (χ0v) is 22.1. The maximum atomic E-state index is 14.1. The van der Waals surface area contributed by atoms with Crippen LogP contribution in [0.25, 0.3) is 0 Å². The number of nitrogens with one attached hydrogen (secondary N) is 1. The third-order valence-corrected chi connectivity index (χ3v) is 6.79. The van der Waals surface area contributed by atoms with Crippen molar-refractivity contribution in [2.24, 2.45) is 0 Å². The fourth-order valence-electron chi connectivity index (χ4n) is 3.20. The van der Waals surface area contributed by atoms with Crippen molar-refractivity contribution in [1.82, 2.24) is 10.2 Å². The van der Waals surface area contributed by atoms with Crippen molar-refractivity contribution in [3.63, 3.8) is 0 Å². The minimum atomic E-state index is -0.677. The fraction of sp³-hybridized carbons (Fsp3) is 0.417. The lowest BCUT2D eigenvalue weighted by Crippen LogP contribution is -2.53. The molecular formula is C24H28Cl3FN2O2S. The summed E-state index contributed by atoms with van der Waals surface area (Å²) in [5.74, 6) is -0.588. The van der Waals surface area contributed by atoms with Crippen molar-refractivity contribution in [3.8, 4) is 0 Å². The highest BCUT2D eigenvalue weighted by Crippen LogP contribution is 2.26. The van der Waals surface area contributed by atoms with Gasteiger partial charge >= 0.3 is 0 Å². The first-order chi connectivity index (χ1) is 15.4. The molecule has 0 spiro atoms. The molecule has 1 unspecified atom stereocenters. The van der Waals surface area contributed by atoms with Crippen LogP contribution in [-0.2, 0) is 21.9 Å². The van der Waals surface area contributed by atoms with E-state index in [1.165, 1.54) is 28.8 Å². The molecule has 0 heterocycles. The van der Waals surface area contributed by atoms with E-state index in [2.05, 4.69) is 5.32 Å². The van der Waals surface area contributed by atoms with Gasteiger partial charge in [0, 0.05) is 28.4 Å². The van der Waals surface area contributed by atoms with Gasteiger partial charge in [0.15, 0.2) is 0 Å². The van der Waals surface area contributed by atoms with Gasteiger partial charge in [-0.3, -0.25) is 9.59 Å². The largest absolute Gasteiger partial charge is 0.350 e. The van der Waals surface area contributed by atoms with Crippen LogP contribution in [0.4, 0.5) is 4.39 Å². The van der Waals surface area contributed by atoms with Gasteiger partial charge in [0.2, 0.25) is 11.8 Å². The SMILES string of the molecule is CCC(C(=O)NC(C)(C)C)N(Cc1ccc(Cl)c(Cl)c1)C(=O)CSCc1c(F)cccc1Cl. The Labute approximate surface area is 214 Å². The minimum Gasteiger partial charge on any atom is -0.350 e. The molecule has 0 aromatic heterocycles. The number of amides is 2. The number of thioether (sulfide) groups is 1. The summed E-state index contributed by atoms with van der Waals surface area (Å²) in [5, 5.41) is 4.06. The Bertz CT molecular complexity index is 978. The lowest BCUT2D eigenvalue weighted by molar-refractivity contribution is -0.140. The standard InChI is InChI=1S/C24H28Cl3FN2O2S/c1-5-21(23(32)29-24(2,3)4)30(12-15-9-10-18(26)19(27)11-15)22(31)14-33-13-16-17(25)7-6-8-20(16)28/h6-11,21H,5,12-14H2,1-4H3,(H,29,32). The number of rotatable bonds is 9. The number of carbonyl (C=O) groups is 2. The lowest BCUT2D eigenvalue weighted by Gasteiger charge is -2.33. The van der Waals surface area contributed by atoms with Crippen LogP contribution in [-0.4, -0.2) is 34.0 Å². The summed E-state index contributed by atoms with van der Waals surface area (Å²) in [6.45, 7) is 7.70. The number of hydrogen-bond donors (Lipinski definition) is 1. The topological polar surface area (TPSA) is 49.4 Å². The van der Waals surface area contributed by atoms with Crippen molar-refractivity contribution in [2.45, 2.75) is 58.0 Å². The van der Waals surface area contributed by atoms with E-state index in [1.807, 2.05) is 27.7 Å². The van der Waals surface area contributed by atoms with E-state index in [0.29, 0.717) is 27.1 Å². The van der Waals surface area contributed by atoms with Crippen LogP contribution in [0, 0.1) is 5.82 Å². The van der Waals surface area contributed by atoms with Gasteiger partial charge in [-0.05, 0) is 57.0 Å². The lowest BCUT2D eigenvalue weighted by atomic mass is 10.1. The molecule has 0 aliphatic rings. The molecule has 2 aromatic carbocycles. The molecule has 0 radical (unpaired) electrons. The maximum Gasteiger partial charge on any atom is 0.243 e. The summed E-state index contributed by atoms with van der Waals surface area (Å²) in [7, 11) is 0. The van der Waals surface area contributed by atoms with E-state index in [-0.39, 0.29) is 29.9 Å². The van der Waals surface area contributed by atoms with Gasteiger partial charge in [0.1, 0.15) is 11.9 Å². The summed E-state index contributed by atoms with van der Waals surface area (Å²) < 4.78 is 14.1. The van der Waals surface area contributed by atoms with Crippen LogP contribution in [0.15, 0.2) is 36.4 Å². The Morgan fingerprint density at radius 3 is 2.36 bits per heavy atom. The molecule has 33 heavy (non-hydrogen) atoms. The fourth-order valence-corrected chi connectivity index (χ4v) is 4.77. The number of hydrogen-bond acceptors (Lipinski definition) is 3. The quantitative estimate of drug-likeness (QED) is 0.388. The highest BCUT2D eigenvalue weighted by molar-refractivity contribution is 7.99. The van der Waals surface area contributed by atoms with Gasteiger partial charge in [0.05, 0.1) is 15.8 Å². The summed E-state index contributed by atoms with van der Waals surface area (Å²) in [5.41, 5.74) is 0.659. The Balaban J connectivity index is 2.23. The van der Waals surface area contributed by atoms with Crippen molar-refractivity contribution < 1.29 is 14.0 Å². The summed E-state index contributed by atoms with van der Waals surface area (Å²) >= 11 is 19.5. The van der Waals surface area contributed by atoms with Gasteiger partial charge in [0.25, 0.3) is 0 Å². The molecule has 0 aliphatic heterocycles. The Morgan fingerprint density at radius 2 is 1.79 bits per heavy atom. The third kappa shape index (κ3) is 8.36. The molecule has 2 aromatic rings. The second-order valence-corrected chi connectivity index (χ2v) is 10.8. The monoisotopic (exact) mass is 532 g/mol. The van der Waals surface area contributed by atoms with E-state index < -0.39 is 17.4 Å². The molecule has 2 amide bonds. The first-order valence-electron chi connectivity index (χ1n) is 10.5. The number of carbonyl (C=O) groups excluding carboxylic acids is 2. The van der Waals surface area contributed by atoms with Gasteiger partial charge in [-0.1, -0.05) is 53.9 Å². The molecule has 9 heteroatoms. The average Bonchev–Trinajstić information content (AvgIpc) is 2.71. The summed E-state index contributed by atoms with van der Waals surface area (Å²) in [6, 6.07) is 8.93. The first kappa shape index (κ1) is 27.8. The zero-order valence-electron chi connectivity index (χ0n) is 19.1. The van der Waals surface area contributed by atoms with E-state index in [4.69, 9.17) is 34.8 Å². The van der Waals surface area contributed by atoms with E-state index in [9.17, 15) is 14.0 Å². The molecule has 0 saturated carbocycles. The van der Waals surface area contributed by atoms with E-state index in [0.717, 1.165) is 5.56 Å². The molecular weight excluding hydrogens is 506 g/mol. The predicted octanol–water partition coefficient (Wildman–Crippen LogP) is 6.74. The Morgan fingerprint density at radius 1 is 1.09 bits per heavy atom. The highest BCUT2D eigenvalue weighted by atomic mass is 35.5. The van der Waals surface area contributed by atoms with E-state index >= 15 is 0 Å². The molecule has 0 saturated heterocycles. The second-order valence-electron chi connectivity index (χ2n) is 8.63. The van der Waals surface area contributed by atoms with Crippen molar-refractivity contribution in [1.29, 1.82) is 0 Å². The Hall–Kier alpha value is -1.47. The van der Waals surface area contributed by atoms with E-state index in [1.54, 1.807) is 24.3 Å². The van der Waals surface area contributed by atoms with Crippen molar-refractivity contribution >= 4 is 58.4 Å². The normalized spacial score (nSPS) is 12.4. The highest BCUT2D eigenvalue weighted by Gasteiger charge is 2.30. The number of halogens is 4. The maximum absolute atomic E-state index is 14.1. The second kappa shape index (κ2) is 12.3. The van der Waals surface area contributed by atoms with Gasteiger partial charge in [-0.2, -0.15) is 0 Å². The average molecular weight is 534 g/mol. The molecule has 0 fully saturated rings. The minimum absolute atomic E-state index is 0.0608. The molecule has 0 aliphatic carbocycles. The van der Waals surface area contributed by atoms with Crippen molar-refractivity contribution in [2.75, 3.05) is 5.75 Å². The number of benzene rings is 2. The molecule has 180 valence electrons. The van der Waals surface area contributed by atoms with Crippen LogP contribution in [0.2, 0.25) is 15.1 Å². The van der Waals surface area contributed by atoms with Crippen LogP contribution >= 0.6 is 46.6 Å². The zero-order chi connectivity index (χ0) is 24.8. The molecule has 1 atom stereocenters. The van der Waals surface area contributed by atoms with Crippen LogP contribution in [0.5, 0.6) is 0 Å². The van der Waals surface area contributed by atoms with Gasteiger partial charge in [-0.25, -0.2) is 4.39 Å². The number of nitrogens with zero attached hydrogens (tertiary/aromatic N) is 1. The Kier molecular flexibility index (Phi) is 10.3. The molecule has 4 nitrogen and oxygen atoms in total. The predicted molar refractivity (Wildman–Crippen MR) is 137 cm³/mol. The van der Waals surface area contributed by atoms with Crippen molar-refractivity contribution in [3.05, 3.63) is 68.4 Å². The van der Waals surface area contributed by atoms with Crippen LogP contribution < -0.4 is 5.32 Å². The van der Waals surface area contributed by atoms with Crippen LogP contribution in [0.1, 0.15) is 45.2 Å². The van der Waals surface area contributed by atoms with Crippen LogP contribution in [0.3, 0.4) is 0 Å². The molecule has 2 rings (SSSR count). The third-order valence-electron chi connectivity index (χ3n) is 4.75. The summed E-state index contributed by atoms with van der Waals surface area (Å²) in [6.07, 6.45) is 0.429.